The summed E-state index contributed by atoms with van der Waals surface area (Å²) in [5.74, 6) is -0.274. The highest BCUT2D eigenvalue weighted by Crippen LogP contribution is 2.32. The van der Waals surface area contributed by atoms with E-state index in [4.69, 9.17) is 40.4 Å². The third-order valence-electron chi connectivity index (χ3n) is 5.29. The first-order valence-corrected chi connectivity index (χ1v) is 12.5. The van der Waals surface area contributed by atoms with Crippen molar-refractivity contribution in [2.24, 2.45) is 4.99 Å². The number of halogens is 2. The lowest BCUT2D eigenvalue weighted by Gasteiger charge is -2.21. The number of thiazole rings is 1. The second kappa shape index (κ2) is 9.62. The van der Waals surface area contributed by atoms with Gasteiger partial charge in [-0.25, -0.2) is 9.98 Å². The van der Waals surface area contributed by atoms with Crippen molar-refractivity contribution in [3.63, 3.8) is 0 Å². The Kier molecular flexibility index (Phi) is 6.96. The van der Waals surface area contributed by atoms with Crippen LogP contribution in [0.5, 0.6) is 0 Å². The molecule has 1 aliphatic heterocycles. The Morgan fingerprint density at radius 3 is 2.56 bits per heavy atom. The number of aliphatic imine (C=N–C) groups is 1. The van der Waals surface area contributed by atoms with Crippen molar-refractivity contribution in [1.29, 1.82) is 0 Å². The van der Waals surface area contributed by atoms with Crippen LogP contribution < -0.4 is 15.5 Å². The maximum atomic E-state index is 13.4. The molecule has 0 saturated carbocycles. The summed E-state index contributed by atoms with van der Waals surface area (Å²) in [5.41, 5.74) is 3.49. The van der Waals surface area contributed by atoms with Gasteiger partial charge in [-0.3, -0.25) is 4.79 Å². The van der Waals surface area contributed by atoms with E-state index in [1.165, 1.54) is 11.3 Å². The number of benzodiazepines with no additional fused rings is 1. The van der Waals surface area contributed by atoms with E-state index in [2.05, 4.69) is 36.4 Å². The van der Waals surface area contributed by atoms with Crippen LogP contribution in [0.3, 0.4) is 0 Å². The van der Waals surface area contributed by atoms with E-state index in [1.54, 1.807) is 36.2 Å². The third-order valence-corrected chi connectivity index (χ3v) is 6.83. The van der Waals surface area contributed by atoms with Crippen LogP contribution in [-0.2, 0) is 10.2 Å². The Morgan fingerprint density at radius 2 is 1.88 bits per heavy atom. The summed E-state index contributed by atoms with van der Waals surface area (Å²) < 4.78 is 0. The van der Waals surface area contributed by atoms with E-state index in [9.17, 15) is 4.79 Å². The van der Waals surface area contributed by atoms with Gasteiger partial charge in [0.15, 0.2) is 10.2 Å². The number of nitrogens with one attached hydrogen (secondary N) is 2. The highest BCUT2D eigenvalue weighted by Gasteiger charge is 2.31. The lowest BCUT2D eigenvalue weighted by molar-refractivity contribution is -0.119. The summed E-state index contributed by atoms with van der Waals surface area (Å²) >= 11 is 19.8. The Hall–Kier alpha value is -2.52. The van der Waals surface area contributed by atoms with Gasteiger partial charge in [0.2, 0.25) is 6.17 Å². The van der Waals surface area contributed by atoms with Gasteiger partial charge in [0.05, 0.1) is 17.1 Å². The fourth-order valence-electron chi connectivity index (χ4n) is 3.44. The molecule has 0 spiro atoms. The molecule has 4 rings (SSSR count). The monoisotopic (exact) mass is 531 g/mol. The van der Waals surface area contributed by atoms with Gasteiger partial charge < -0.3 is 15.5 Å². The van der Waals surface area contributed by atoms with E-state index in [1.807, 2.05) is 23.6 Å². The van der Waals surface area contributed by atoms with Gasteiger partial charge in [-0.2, -0.15) is 0 Å². The third kappa shape index (κ3) is 5.10. The van der Waals surface area contributed by atoms with Crippen molar-refractivity contribution in [1.82, 2.24) is 10.3 Å². The lowest BCUT2D eigenvalue weighted by atomic mass is 9.93. The number of amides is 1. The van der Waals surface area contributed by atoms with Crippen LogP contribution in [0, 0.1) is 0 Å². The van der Waals surface area contributed by atoms with E-state index < -0.39 is 6.17 Å². The molecule has 10 heteroatoms. The molecule has 1 amide bonds. The molecule has 2 N–H and O–H groups in total. The molecule has 0 radical (unpaired) electrons. The molecule has 1 unspecified atom stereocenters. The minimum Gasteiger partial charge on any atom is -0.333 e. The van der Waals surface area contributed by atoms with Crippen molar-refractivity contribution in [2.45, 2.75) is 32.4 Å². The van der Waals surface area contributed by atoms with Crippen molar-refractivity contribution in [2.75, 3.05) is 17.3 Å². The summed E-state index contributed by atoms with van der Waals surface area (Å²) in [7, 11) is 1.70. The van der Waals surface area contributed by atoms with Crippen LogP contribution >= 0.6 is 46.8 Å². The van der Waals surface area contributed by atoms with Crippen molar-refractivity contribution < 1.29 is 4.79 Å². The van der Waals surface area contributed by atoms with E-state index in [0.717, 1.165) is 5.69 Å². The first-order chi connectivity index (χ1) is 16.0. The zero-order valence-electron chi connectivity index (χ0n) is 19.0. The first-order valence-electron chi connectivity index (χ1n) is 10.5. The predicted molar refractivity (Wildman–Crippen MR) is 146 cm³/mol. The quantitative estimate of drug-likeness (QED) is 0.413. The fourth-order valence-corrected chi connectivity index (χ4v) is 5.05. The Labute approximate surface area is 218 Å². The molecule has 0 aliphatic carbocycles. The minimum absolute atomic E-state index is 0.0767. The molecule has 2 heterocycles. The number of fused-ring (bicyclic) bond motifs is 1. The number of carbonyl (C=O) groups excluding carboxylic acids is 1. The average Bonchev–Trinajstić information content (AvgIpc) is 3.22. The highest BCUT2D eigenvalue weighted by atomic mass is 35.5. The smallest absolute Gasteiger partial charge is 0.272 e. The molecular formula is C24H23Cl2N5OS2. The summed E-state index contributed by atoms with van der Waals surface area (Å²) in [4.78, 5) is 24.3. The number of hydrogen-bond acceptors (Lipinski definition) is 5. The molecule has 3 aromatic rings. The standard InChI is InChI=1S/C24H23Cl2N5OS2/c1-24(2,3)18-12-34-23(27-18)30-22(33)29-20-21(32)31(4)17-10-9-13(25)11-15(17)19(28-20)14-7-5-6-8-16(14)26/h5-12,20H,1-4H3,(H2,27,29,30,33). The van der Waals surface area contributed by atoms with Gasteiger partial charge >= 0.3 is 0 Å². The van der Waals surface area contributed by atoms with E-state index in [0.29, 0.717) is 37.7 Å². The largest absolute Gasteiger partial charge is 0.333 e. The molecular weight excluding hydrogens is 509 g/mol. The predicted octanol–water partition coefficient (Wildman–Crippen LogP) is 5.87. The molecule has 1 atom stereocenters. The molecule has 0 bridgehead atoms. The molecule has 6 nitrogen and oxygen atoms in total. The highest BCUT2D eigenvalue weighted by molar-refractivity contribution is 7.80. The topological polar surface area (TPSA) is 69.6 Å². The number of anilines is 2. The summed E-state index contributed by atoms with van der Waals surface area (Å²) in [5, 5.41) is 10.0. The first kappa shape index (κ1) is 24.6. The number of aromatic nitrogens is 1. The van der Waals surface area contributed by atoms with E-state index in [-0.39, 0.29) is 16.4 Å². The van der Waals surface area contributed by atoms with Crippen LogP contribution in [0.1, 0.15) is 37.6 Å². The van der Waals surface area contributed by atoms with Gasteiger partial charge in [0, 0.05) is 39.0 Å². The van der Waals surface area contributed by atoms with Crippen LogP contribution in [0.4, 0.5) is 10.8 Å². The molecule has 1 aromatic heterocycles. The number of rotatable bonds is 3. The lowest BCUT2D eigenvalue weighted by Crippen LogP contribution is -2.47. The number of nitrogens with zero attached hydrogens (tertiary/aromatic N) is 3. The second-order valence-electron chi connectivity index (χ2n) is 8.81. The normalized spacial score (nSPS) is 15.9. The molecule has 0 saturated heterocycles. The Morgan fingerprint density at radius 1 is 1.15 bits per heavy atom. The second-order valence-corrected chi connectivity index (χ2v) is 10.9. The van der Waals surface area contributed by atoms with Gasteiger partial charge in [0.25, 0.3) is 5.91 Å². The fraction of sp³-hybridized carbons (Fsp3) is 0.250. The summed E-state index contributed by atoms with van der Waals surface area (Å²) in [6.07, 6.45) is -0.982. The number of benzene rings is 2. The van der Waals surface area contributed by atoms with Gasteiger partial charge in [-0.05, 0) is 36.5 Å². The number of thiocarbonyl (C=S) groups is 1. The maximum Gasteiger partial charge on any atom is 0.272 e. The molecule has 1 aliphatic rings. The van der Waals surface area contributed by atoms with Crippen LogP contribution in [0.25, 0.3) is 0 Å². The van der Waals surface area contributed by atoms with Crippen molar-refractivity contribution in [3.8, 4) is 0 Å². The van der Waals surface area contributed by atoms with Crippen molar-refractivity contribution >= 4 is 74.3 Å². The summed E-state index contributed by atoms with van der Waals surface area (Å²) in [6, 6.07) is 12.7. The van der Waals surface area contributed by atoms with Crippen molar-refractivity contribution in [3.05, 3.63) is 74.7 Å². The molecule has 2 aromatic carbocycles. The molecule has 34 heavy (non-hydrogen) atoms. The maximum absolute atomic E-state index is 13.4. The number of hydrogen-bond donors (Lipinski definition) is 2. The minimum atomic E-state index is -0.982. The van der Waals surface area contributed by atoms with E-state index >= 15 is 0 Å². The zero-order chi connectivity index (χ0) is 24.6. The molecule has 0 fully saturated rings. The number of carbonyl (C=O) groups is 1. The zero-order valence-corrected chi connectivity index (χ0v) is 22.2. The molecule has 176 valence electrons. The van der Waals surface area contributed by atoms with Crippen LogP contribution in [0.15, 0.2) is 52.8 Å². The van der Waals surface area contributed by atoms with Gasteiger partial charge in [0.1, 0.15) is 0 Å². The average molecular weight is 533 g/mol. The number of likely N-dealkylation sites (N-methyl/N-ethyl adjacent to an activating group) is 1. The van der Waals surface area contributed by atoms with Gasteiger partial charge in [-0.15, -0.1) is 11.3 Å². The Bertz CT molecular complexity index is 1300. The van der Waals surface area contributed by atoms with Gasteiger partial charge in [-0.1, -0.05) is 62.2 Å². The van der Waals surface area contributed by atoms with Crippen LogP contribution in [-0.4, -0.2) is 34.9 Å². The SMILES string of the molecule is CN1C(=O)C(NC(=S)Nc2nc(C(C)(C)C)cs2)N=C(c2ccccc2Cl)c2cc(Cl)ccc21. The Balaban J connectivity index is 1.69. The van der Waals surface area contributed by atoms with Crippen LogP contribution in [0.2, 0.25) is 10.0 Å². The summed E-state index contributed by atoms with van der Waals surface area (Å²) in [6.45, 7) is 6.28.